The second-order valence-electron chi connectivity index (χ2n) is 7.25. The molecule has 4 aromatic rings. The van der Waals surface area contributed by atoms with Crippen molar-refractivity contribution in [2.45, 2.75) is 18.9 Å². The molecule has 5 rings (SSSR count). The summed E-state index contributed by atoms with van der Waals surface area (Å²) in [7, 11) is 0. The Hall–Kier alpha value is -4.08. The second kappa shape index (κ2) is 7.98. The van der Waals surface area contributed by atoms with Crippen LogP contribution in [0.3, 0.4) is 0 Å². The fraction of sp³-hybridized carbons (Fsp3) is 0.190. The largest absolute Gasteiger partial charge is 0.368 e. The molecule has 156 valence electrons. The third-order valence-electron chi connectivity index (χ3n) is 5.21. The molecular weight excluding hydrogens is 397 g/mol. The van der Waals surface area contributed by atoms with Gasteiger partial charge >= 0.3 is 0 Å². The van der Waals surface area contributed by atoms with Gasteiger partial charge in [-0.05, 0) is 42.7 Å². The summed E-state index contributed by atoms with van der Waals surface area (Å²) in [6.45, 7) is 0.777. The molecule has 1 aliphatic rings. The maximum Gasteiger partial charge on any atom is 0.235 e. The standard InChI is InChI=1S/C21H20FN9/c22-15-5-3-14(4-6-15)17-2-1-11-31(17)21-27-19(23)26-20(28-21)25-18-12-16(29-30-18)13-7-9-24-10-8-13/h3-10,12,17H,1-2,11H2,(H4,23,25,26,27,28,29,30). The third-order valence-corrected chi connectivity index (χ3v) is 5.21. The first-order chi connectivity index (χ1) is 15.2. The Kier molecular flexibility index (Phi) is 4.87. The van der Waals surface area contributed by atoms with E-state index in [0.717, 1.165) is 36.2 Å². The summed E-state index contributed by atoms with van der Waals surface area (Å²) in [5, 5.41) is 10.3. The molecule has 1 atom stereocenters. The summed E-state index contributed by atoms with van der Waals surface area (Å²) in [6.07, 6.45) is 5.34. The zero-order valence-electron chi connectivity index (χ0n) is 16.5. The highest BCUT2D eigenvalue weighted by atomic mass is 19.1. The molecule has 1 unspecified atom stereocenters. The highest BCUT2D eigenvalue weighted by Crippen LogP contribution is 2.35. The van der Waals surface area contributed by atoms with Gasteiger partial charge in [0.1, 0.15) is 5.82 Å². The minimum absolute atomic E-state index is 0.0546. The fourth-order valence-electron chi connectivity index (χ4n) is 3.78. The Bertz CT molecular complexity index is 1180. The van der Waals surface area contributed by atoms with Crippen molar-refractivity contribution in [3.05, 3.63) is 66.2 Å². The van der Waals surface area contributed by atoms with Gasteiger partial charge in [-0.25, -0.2) is 4.39 Å². The molecule has 4 N–H and O–H groups in total. The lowest BCUT2D eigenvalue weighted by Crippen LogP contribution is -2.25. The number of nitrogens with zero attached hydrogens (tertiary/aromatic N) is 6. The lowest BCUT2D eigenvalue weighted by Gasteiger charge is -2.25. The lowest BCUT2D eigenvalue weighted by atomic mass is 10.0. The molecule has 0 radical (unpaired) electrons. The summed E-state index contributed by atoms with van der Waals surface area (Å²) < 4.78 is 13.3. The van der Waals surface area contributed by atoms with Gasteiger partial charge in [0.25, 0.3) is 0 Å². The summed E-state index contributed by atoms with van der Waals surface area (Å²) >= 11 is 0. The molecule has 1 saturated heterocycles. The van der Waals surface area contributed by atoms with Gasteiger partial charge in [0.2, 0.25) is 17.8 Å². The molecule has 9 nitrogen and oxygen atoms in total. The van der Waals surface area contributed by atoms with Gasteiger partial charge in [-0.2, -0.15) is 20.1 Å². The number of benzene rings is 1. The van der Waals surface area contributed by atoms with Crippen molar-refractivity contribution in [2.75, 3.05) is 22.5 Å². The number of nitrogen functional groups attached to an aromatic ring is 1. The molecule has 31 heavy (non-hydrogen) atoms. The normalized spacial score (nSPS) is 15.9. The van der Waals surface area contributed by atoms with Crippen molar-refractivity contribution in [1.82, 2.24) is 30.1 Å². The van der Waals surface area contributed by atoms with Gasteiger partial charge < -0.3 is 16.0 Å². The Labute approximate surface area is 177 Å². The van der Waals surface area contributed by atoms with Gasteiger partial charge in [-0.3, -0.25) is 10.1 Å². The van der Waals surface area contributed by atoms with Crippen molar-refractivity contribution < 1.29 is 4.39 Å². The molecule has 0 aliphatic carbocycles. The maximum atomic E-state index is 13.3. The van der Waals surface area contributed by atoms with Gasteiger partial charge in [0.15, 0.2) is 5.82 Å². The van der Waals surface area contributed by atoms with E-state index >= 15 is 0 Å². The van der Waals surface area contributed by atoms with Gasteiger partial charge in [-0.15, -0.1) is 0 Å². The van der Waals surface area contributed by atoms with E-state index in [4.69, 9.17) is 5.73 Å². The van der Waals surface area contributed by atoms with Crippen LogP contribution in [-0.2, 0) is 0 Å². The number of nitrogens with one attached hydrogen (secondary N) is 2. The molecule has 0 bridgehead atoms. The molecule has 4 heterocycles. The second-order valence-corrected chi connectivity index (χ2v) is 7.25. The van der Waals surface area contributed by atoms with E-state index in [2.05, 4.69) is 40.3 Å². The Morgan fingerprint density at radius 2 is 1.87 bits per heavy atom. The fourth-order valence-corrected chi connectivity index (χ4v) is 3.78. The Morgan fingerprint density at radius 3 is 2.68 bits per heavy atom. The lowest BCUT2D eigenvalue weighted by molar-refractivity contribution is 0.624. The van der Waals surface area contributed by atoms with E-state index < -0.39 is 0 Å². The first-order valence-corrected chi connectivity index (χ1v) is 9.92. The number of aromatic nitrogens is 6. The average Bonchev–Trinajstić information content (AvgIpc) is 3.44. The topological polar surface area (TPSA) is 122 Å². The quantitative estimate of drug-likeness (QED) is 0.451. The van der Waals surface area contributed by atoms with E-state index in [1.807, 2.05) is 18.2 Å². The minimum atomic E-state index is -0.255. The van der Waals surface area contributed by atoms with E-state index in [9.17, 15) is 4.39 Å². The molecule has 0 amide bonds. The van der Waals surface area contributed by atoms with Crippen LogP contribution in [0.4, 0.5) is 28.1 Å². The van der Waals surface area contributed by atoms with Crippen LogP contribution in [0.15, 0.2) is 54.9 Å². The number of rotatable bonds is 5. The minimum Gasteiger partial charge on any atom is -0.368 e. The van der Waals surface area contributed by atoms with Crippen molar-refractivity contribution in [3.8, 4) is 11.3 Å². The first-order valence-electron chi connectivity index (χ1n) is 9.92. The predicted molar refractivity (Wildman–Crippen MR) is 115 cm³/mol. The predicted octanol–water partition coefficient (Wildman–Crippen LogP) is 3.46. The number of aromatic amines is 1. The molecule has 1 fully saturated rings. The van der Waals surface area contributed by atoms with Crippen LogP contribution >= 0.6 is 0 Å². The number of nitrogens with two attached hydrogens (primary N) is 1. The highest BCUT2D eigenvalue weighted by Gasteiger charge is 2.29. The van der Waals surface area contributed by atoms with Crippen molar-refractivity contribution in [1.29, 1.82) is 0 Å². The molecular formula is C21H20FN9. The number of hydrogen-bond donors (Lipinski definition) is 3. The summed E-state index contributed by atoms with van der Waals surface area (Å²) in [4.78, 5) is 19.2. The van der Waals surface area contributed by atoms with E-state index in [-0.39, 0.29) is 17.8 Å². The van der Waals surface area contributed by atoms with Gasteiger partial charge in [-0.1, -0.05) is 12.1 Å². The zero-order chi connectivity index (χ0) is 21.2. The molecule has 10 heteroatoms. The molecule has 1 aliphatic heterocycles. The third kappa shape index (κ3) is 4.00. The van der Waals surface area contributed by atoms with Crippen molar-refractivity contribution in [3.63, 3.8) is 0 Å². The van der Waals surface area contributed by atoms with Crippen LogP contribution in [0, 0.1) is 5.82 Å². The molecule has 3 aromatic heterocycles. The number of H-pyrrole nitrogens is 1. The molecule has 0 spiro atoms. The molecule has 0 saturated carbocycles. The van der Waals surface area contributed by atoms with Gasteiger partial charge in [0.05, 0.1) is 11.7 Å². The number of halogens is 1. The average molecular weight is 417 g/mol. The number of hydrogen-bond acceptors (Lipinski definition) is 8. The summed E-state index contributed by atoms with van der Waals surface area (Å²) in [5.74, 6) is 1.20. The SMILES string of the molecule is Nc1nc(Nc2cc(-c3ccncc3)[nH]n2)nc(N2CCCC2c2ccc(F)cc2)n1. The van der Waals surface area contributed by atoms with Crippen LogP contribution in [0.5, 0.6) is 0 Å². The summed E-state index contributed by atoms with van der Waals surface area (Å²) in [6, 6.07) is 12.2. The van der Waals surface area contributed by atoms with E-state index in [0.29, 0.717) is 17.7 Å². The van der Waals surface area contributed by atoms with Crippen LogP contribution in [0.25, 0.3) is 11.3 Å². The number of anilines is 4. The number of pyridine rings is 1. The highest BCUT2D eigenvalue weighted by molar-refractivity contribution is 5.64. The van der Waals surface area contributed by atoms with Crippen LogP contribution in [0.1, 0.15) is 24.4 Å². The smallest absolute Gasteiger partial charge is 0.235 e. The maximum absolute atomic E-state index is 13.3. The van der Waals surface area contributed by atoms with Gasteiger partial charge in [0, 0.05) is 30.6 Å². The zero-order valence-corrected chi connectivity index (χ0v) is 16.5. The monoisotopic (exact) mass is 417 g/mol. The van der Waals surface area contributed by atoms with Crippen molar-refractivity contribution in [2.24, 2.45) is 0 Å². The van der Waals surface area contributed by atoms with E-state index in [1.165, 1.54) is 12.1 Å². The Balaban J connectivity index is 1.39. The van der Waals surface area contributed by atoms with Crippen LogP contribution in [-0.4, -0.2) is 36.7 Å². The van der Waals surface area contributed by atoms with E-state index in [1.54, 1.807) is 24.5 Å². The summed E-state index contributed by atoms with van der Waals surface area (Å²) in [5.41, 5.74) is 8.78. The van der Waals surface area contributed by atoms with Crippen LogP contribution < -0.4 is 16.0 Å². The van der Waals surface area contributed by atoms with Crippen molar-refractivity contribution >= 4 is 23.7 Å². The first kappa shape index (κ1) is 18.9. The molecule has 1 aromatic carbocycles. The van der Waals surface area contributed by atoms with Crippen LogP contribution in [0.2, 0.25) is 0 Å². The Morgan fingerprint density at radius 1 is 1.06 bits per heavy atom.